The highest BCUT2D eigenvalue weighted by atomic mass is 35.5. The van der Waals surface area contributed by atoms with E-state index in [1.165, 1.54) is 0 Å². The Bertz CT molecular complexity index is 387. The zero-order chi connectivity index (χ0) is 12.0. The SMILES string of the molecule is C#CCNCC(C)Oc1ccc(Cl)cc1Cl. The van der Waals surface area contributed by atoms with Crippen molar-refractivity contribution < 1.29 is 4.74 Å². The van der Waals surface area contributed by atoms with Gasteiger partial charge >= 0.3 is 0 Å². The summed E-state index contributed by atoms with van der Waals surface area (Å²) in [7, 11) is 0. The van der Waals surface area contributed by atoms with E-state index in [9.17, 15) is 0 Å². The van der Waals surface area contributed by atoms with Crippen molar-refractivity contribution in [2.45, 2.75) is 13.0 Å². The highest BCUT2D eigenvalue weighted by Crippen LogP contribution is 2.28. The van der Waals surface area contributed by atoms with Crippen LogP contribution in [0.5, 0.6) is 5.75 Å². The molecule has 0 aliphatic heterocycles. The summed E-state index contributed by atoms with van der Waals surface area (Å²) in [6, 6.07) is 5.15. The third kappa shape index (κ3) is 4.32. The molecule has 1 atom stereocenters. The van der Waals surface area contributed by atoms with Crippen molar-refractivity contribution in [3.05, 3.63) is 28.2 Å². The number of nitrogens with one attached hydrogen (secondary N) is 1. The van der Waals surface area contributed by atoms with Crippen LogP contribution in [0.25, 0.3) is 0 Å². The van der Waals surface area contributed by atoms with Crippen LogP contribution >= 0.6 is 23.2 Å². The summed E-state index contributed by atoms with van der Waals surface area (Å²) < 4.78 is 5.62. The Balaban J connectivity index is 2.50. The normalized spacial score (nSPS) is 11.9. The second kappa shape index (κ2) is 6.65. The van der Waals surface area contributed by atoms with E-state index in [1.54, 1.807) is 18.2 Å². The predicted molar refractivity (Wildman–Crippen MR) is 68.3 cm³/mol. The molecule has 0 spiro atoms. The summed E-state index contributed by atoms with van der Waals surface area (Å²) in [5.74, 6) is 3.12. The molecule has 1 N–H and O–H groups in total. The molecule has 0 bridgehead atoms. The van der Waals surface area contributed by atoms with Crippen molar-refractivity contribution in [3.63, 3.8) is 0 Å². The van der Waals surface area contributed by atoms with Crippen LogP contribution in [0, 0.1) is 12.3 Å². The fourth-order valence-electron chi connectivity index (χ4n) is 1.18. The first-order chi connectivity index (χ1) is 7.63. The van der Waals surface area contributed by atoms with Crippen molar-refractivity contribution in [2.24, 2.45) is 0 Å². The monoisotopic (exact) mass is 257 g/mol. The molecule has 0 radical (unpaired) electrons. The number of benzene rings is 1. The largest absolute Gasteiger partial charge is 0.488 e. The first-order valence-electron chi connectivity index (χ1n) is 4.89. The third-order valence-electron chi connectivity index (χ3n) is 1.88. The van der Waals surface area contributed by atoms with E-state index in [-0.39, 0.29) is 6.10 Å². The van der Waals surface area contributed by atoms with Crippen molar-refractivity contribution in [3.8, 4) is 18.1 Å². The van der Waals surface area contributed by atoms with Crippen LogP contribution in [0.1, 0.15) is 6.92 Å². The summed E-state index contributed by atoms with van der Waals surface area (Å²) in [5.41, 5.74) is 0. The van der Waals surface area contributed by atoms with Gasteiger partial charge in [0.1, 0.15) is 11.9 Å². The molecule has 0 saturated heterocycles. The van der Waals surface area contributed by atoms with Crippen LogP contribution in [0.3, 0.4) is 0 Å². The van der Waals surface area contributed by atoms with E-state index in [0.29, 0.717) is 28.9 Å². The third-order valence-corrected chi connectivity index (χ3v) is 2.41. The Labute approximate surface area is 106 Å². The molecule has 0 saturated carbocycles. The molecule has 86 valence electrons. The van der Waals surface area contributed by atoms with E-state index in [2.05, 4.69) is 11.2 Å². The van der Waals surface area contributed by atoms with Crippen LogP contribution in [-0.4, -0.2) is 19.2 Å². The molecule has 16 heavy (non-hydrogen) atoms. The number of hydrogen-bond acceptors (Lipinski definition) is 2. The Morgan fingerprint density at radius 1 is 1.50 bits per heavy atom. The number of terminal acetylenes is 1. The molecule has 0 heterocycles. The summed E-state index contributed by atoms with van der Waals surface area (Å²) in [6.45, 7) is 3.14. The molecule has 1 rings (SSSR count). The molecule has 4 heteroatoms. The van der Waals surface area contributed by atoms with Crippen LogP contribution < -0.4 is 10.1 Å². The first kappa shape index (κ1) is 13.2. The molecule has 0 aliphatic carbocycles. The average molecular weight is 258 g/mol. The zero-order valence-electron chi connectivity index (χ0n) is 8.97. The van der Waals surface area contributed by atoms with Crippen molar-refractivity contribution in [1.82, 2.24) is 5.32 Å². The summed E-state index contributed by atoms with van der Waals surface area (Å²) in [5, 5.41) is 4.16. The van der Waals surface area contributed by atoms with Crippen molar-refractivity contribution in [2.75, 3.05) is 13.1 Å². The maximum absolute atomic E-state index is 5.97. The lowest BCUT2D eigenvalue weighted by atomic mass is 10.3. The Hall–Kier alpha value is -0.880. The quantitative estimate of drug-likeness (QED) is 0.647. The van der Waals surface area contributed by atoms with Crippen LogP contribution in [0.15, 0.2) is 18.2 Å². The standard InChI is InChI=1S/C12H13Cl2NO/c1-3-6-15-8-9(2)16-12-5-4-10(13)7-11(12)14/h1,4-5,7,9,15H,6,8H2,2H3. The van der Waals surface area contributed by atoms with Gasteiger partial charge in [0.2, 0.25) is 0 Å². The molecule has 1 aromatic carbocycles. The molecule has 0 aliphatic rings. The molecular weight excluding hydrogens is 245 g/mol. The Kier molecular flexibility index (Phi) is 5.48. The van der Waals surface area contributed by atoms with Gasteiger partial charge < -0.3 is 10.1 Å². The minimum absolute atomic E-state index is 0.00738. The highest BCUT2D eigenvalue weighted by Gasteiger charge is 2.07. The fraction of sp³-hybridized carbons (Fsp3) is 0.333. The van der Waals surface area contributed by atoms with Crippen LogP contribution in [0.4, 0.5) is 0 Å². The summed E-state index contributed by atoms with van der Waals surface area (Å²) in [6.07, 6.45) is 5.11. The smallest absolute Gasteiger partial charge is 0.138 e. The minimum atomic E-state index is -0.00738. The van der Waals surface area contributed by atoms with E-state index in [0.717, 1.165) is 0 Å². The molecule has 0 fully saturated rings. The minimum Gasteiger partial charge on any atom is -0.488 e. The molecule has 0 amide bonds. The lowest BCUT2D eigenvalue weighted by Gasteiger charge is -2.15. The maximum atomic E-state index is 5.97. The predicted octanol–water partition coefficient (Wildman–Crippen LogP) is 2.98. The summed E-state index contributed by atoms with van der Waals surface area (Å²) >= 11 is 11.8. The van der Waals surface area contributed by atoms with E-state index >= 15 is 0 Å². The van der Waals surface area contributed by atoms with Crippen molar-refractivity contribution >= 4 is 23.2 Å². The number of halogens is 2. The molecule has 0 aromatic heterocycles. The van der Waals surface area contributed by atoms with Gasteiger partial charge in [0.15, 0.2) is 0 Å². The van der Waals surface area contributed by atoms with Gasteiger partial charge in [-0.15, -0.1) is 6.42 Å². The van der Waals surface area contributed by atoms with Gasteiger partial charge in [-0.3, -0.25) is 0 Å². The van der Waals surface area contributed by atoms with Gasteiger partial charge in [0.25, 0.3) is 0 Å². The Morgan fingerprint density at radius 3 is 2.88 bits per heavy atom. The fourth-order valence-corrected chi connectivity index (χ4v) is 1.63. The van der Waals surface area contributed by atoms with Crippen molar-refractivity contribution in [1.29, 1.82) is 0 Å². The lowest BCUT2D eigenvalue weighted by molar-refractivity contribution is 0.219. The van der Waals surface area contributed by atoms with Gasteiger partial charge in [-0.25, -0.2) is 0 Å². The van der Waals surface area contributed by atoms with Crippen LogP contribution in [0.2, 0.25) is 10.0 Å². The maximum Gasteiger partial charge on any atom is 0.138 e. The average Bonchev–Trinajstić information content (AvgIpc) is 2.23. The van der Waals surface area contributed by atoms with Gasteiger partial charge in [0.05, 0.1) is 11.6 Å². The van der Waals surface area contributed by atoms with Gasteiger partial charge in [0, 0.05) is 11.6 Å². The van der Waals surface area contributed by atoms with Gasteiger partial charge in [-0.1, -0.05) is 29.1 Å². The van der Waals surface area contributed by atoms with Gasteiger partial charge in [-0.2, -0.15) is 0 Å². The second-order valence-electron chi connectivity index (χ2n) is 3.34. The zero-order valence-corrected chi connectivity index (χ0v) is 10.5. The molecule has 1 unspecified atom stereocenters. The topological polar surface area (TPSA) is 21.3 Å². The molecule has 1 aromatic rings. The number of ether oxygens (including phenoxy) is 1. The highest BCUT2D eigenvalue weighted by molar-refractivity contribution is 6.35. The van der Waals surface area contributed by atoms with E-state index < -0.39 is 0 Å². The van der Waals surface area contributed by atoms with Crippen LogP contribution in [-0.2, 0) is 0 Å². The number of rotatable bonds is 5. The van der Waals surface area contributed by atoms with E-state index in [1.807, 2.05) is 6.92 Å². The first-order valence-corrected chi connectivity index (χ1v) is 5.65. The lowest BCUT2D eigenvalue weighted by Crippen LogP contribution is -2.29. The second-order valence-corrected chi connectivity index (χ2v) is 4.18. The van der Waals surface area contributed by atoms with Gasteiger partial charge in [-0.05, 0) is 25.1 Å². The summed E-state index contributed by atoms with van der Waals surface area (Å²) in [4.78, 5) is 0. The van der Waals surface area contributed by atoms with E-state index in [4.69, 9.17) is 34.4 Å². The number of hydrogen-bond donors (Lipinski definition) is 1. The Morgan fingerprint density at radius 2 is 2.25 bits per heavy atom. The molecule has 2 nitrogen and oxygen atoms in total. The molecular formula is C12H13Cl2NO.